The van der Waals surface area contributed by atoms with Crippen LogP contribution in [0.5, 0.6) is 0 Å². The van der Waals surface area contributed by atoms with Crippen molar-refractivity contribution in [1.29, 1.82) is 0 Å². The molecule has 1 rings (SSSR count). The lowest BCUT2D eigenvalue weighted by Crippen LogP contribution is -1.97. The second kappa shape index (κ2) is 4.47. The Kier molecular flexibility index (Phi) is 3.84. The predicted octanol–water partition coefficient (Wildman–Crippen LogP) is 3.37. The fourth-order valence-electron chi connectivity index (χ4n) is 0.809. The van der Waals surface area contributed by atoms with Crippen LogP contribution in [0.1, 0.15) is 11.7 Å². The highest BCUT2D eigenvalue weighted by atomic mass is 79.9. The SMILES string of the molecule is OC(CCl)c1ccc(Br)c(Cl)c1. The van der Waals surface area contributed by atoms with Crippen molar-refractivity contribution in [3.63, 3.8) is 0 Å². The summed E-state index contributed by atoms with van der Waals surface area (Å²) in [5, 5.41) is 9.92. The number of halogens is 3. The zero-order valence-electron chi connectivity index (χ0n) is 6.10. The number of alkyl halides is 1. The summed E-state index contributed by atoms with van der Waals surface area (Å²) >= 11 is 14.5. The minimum Gasteiger partial charge on any atom is -0.387 e. The van der Waals surface area contributed by atoms with Crippen molar-refractivity contribution in [2.45, 2.75) is 6.10 Å². The molecule has 66 valence electrons. The van der Waals surface area contributed by atoms with Crippen molar-refractivity contribution in [2.24, 2.45) is 0 Å². The van der Waals surface area contributed by atoms with Crippen LogP contribution in [0.3, 0.4) is 0 Å². The zero-order valence-corrected chi connectivity index (χ0v) is 9.20. The molecule has 1 atom stereocenters. The number of benzene rings is 1. The highest BCUT2D eigenvalue weighted by Crippen LogP contribution is 2.26. The molecule has 0 aromatic heterocycles. The van der Waals surface area contributed by atoms with Crippen molar-refractivity contribution >= 4 is 39.1 Å². The lowest BCUT2D eigenvalue weighted by Gasteiger charge is -2.07. The Labute approximate surface area is 89.4 Å². The summed E-state index contributed by atoms with van der Waals surface area (Å²) in [4.78, 5) is 0. The number of aliphatic hydroxyl groups excluding tert-OH is 1. The number of rotatable bonds is 2. The first-order valence-corrected chi connectivity index (χ1v) is 5.04. The van der Waals surface area contributed by atoms with E-state index in [2.05, 4.69) is 15.9 Å². The third kappa shape index (κ3) is 2.36. The van der Waals surface area contributed by atoms with Gasteiger partial charge in [-0.1, -0.05) is 17.7 Å². The van der Waals surface area contributed by atoms with E-state index in [1.807, 2.05) is 0 Å². The molecule has 0 heterocycles. The van der Waals surface area contributed by atoms with E-state index in [0.717, 1.165) is 10.0 Å². The topological polar surface area (TPSA) is 20.2 Å². The Morgan fingerprint density at radius 1 is 1.50 bits per heavy atom. The molecule has 4 heteroatoms. The molecule has 0 aliphatic carbocycles. The van der Waals surface area contributed by atoms with Crippen molar-refractivity contribution in [3.8, 4) is 0 Å². The maximum absolute atomic E-state index is 9.34. The van der Waals surface area contributed by atoms with Crippen molar-refractivity contribution in [2.75, 3.05) is 5.88 Å². The van der Waals surface area contributed by atoms with Gasteiger partial charge >= 0.3 is 0 Å². The normalized spacial score (nSPS) is 13.0. The van der Waals surface area contributed by atoms with Crippen molar-refractivity contribution in [3.05, 3.63) is 33.3 Å². The Hall–Kier alpha value is 0.240. The van der Waals surface area contributed by atoms with Gasteiger partial charge in [0.25, 0.3) is 0 Å². The Balaban J connectivity index is 2.96. The number of aliphatic hydroxyl groups is 1. The van der Waals surface area contributed by atoms with Crippen LogP contribution >= 0.6 is 39.1 Å². The van der Waals surface area contributed by atoms with E-state index >= 15 is 0 Å². The zero-order chi connectivity index (χ0) is 9.14. The molecule has 0 aliphatic rings. The average molecular weight is 270 g/mol. The van der Waals surface area contributed by atoms with Gasteiger partial charge in [-0.05, 0) is 33.6 Å². The molecule has 0 spiro atoms. The largest absolute Gasteiger partial charge is 0.387 e. The molecular weight excluding hydrogens is 263 g/mol. The molecule has 0 saturated carbocycles. The fraction of sp³-hybridized carbons (Fsp3) is 0.250. The standard InChI is InChI=1S/C8H7BrCl2O/c9-6-2-1-5(3-7(6)11)8(12)4-10/h1-3,8,12H,4H2. The monoisotopic (exact) mass is 268 g/mol. The minimum absolute atomic E-state index is 0.179. The quantitative estimate of drug-likeness (QED) is 0.817. The molecule has 1 unspecified atom stereocenters. The van der Waals surface area contributed by atoms with Crippen molar-refractivity contribution in [1.82, 2.24) is 0 Å². The molecule has 1 N–H and O–H groups in total. The molecule has 12 heavy (non-hydrogen) atoms. The van der Waals surface area contributed by atoms with Gasteiger partial charge in [-0.2, -0.15) is 0 Å². The van der Waals surface area contributed by atoms with Gasteiger partial charge < -0.3 is 5.11 Å². The first kappa shape index (κ1) is 10.3. The second-order valence-electron chi connectivity index (χ2n) is 2.34. The van der Waals surface area contributed by atoms with Gasteiger partial charge in [-0.15, -0.1) is 11.6 Å². The van der Waals surface area contributed by atoms with Gasteiger partial charge in [0.05, 0.1) is 17.0 Å². The van der Waals surface area contributed by atoms with Crippen LogP contribution in [0.25, 0.3) is 0 Å². The second-order valence-corrected chi connectivity index (χ2v) is 3.91. The molecule has 0 saturated heterocycles. The van der Waals surface area contributed by atoms with Gasteiger partial charge in [0.2, 0.25) is 0 Å². The highest BCUT2D eigenvalue weighted by Gasteiger charge is 2.06. The van der Waals surface area contributed by atoms with E-state index in [9.17, 15) is 5.11 Å². The lowest BCUT2D eigenvalue weighted by molar-refractivity contribution is 0.202. The number of hydrogen-bond donors (Lipinski definition) is 1. The van der Waals surface area contributed by atoms with Crippen LogP contribution in [0, 0.1) is 0 Å². The lowest BCUT2D eigenvalue weighted by atomic mass is 10.1. The summed E-state index contributed by atoms with van der Waals surface area (Å²) in [7, 11) is 0. The smallest absolute Gasteiger partial charge is 0.0925 e. The molecule has 0 radical (unpaired) electrons. The number of hydrogen-bond acceptors (Lipinski definition) is 1. The molecule has 0 amide bonds. The minimum atomic E-state index is -0.641. The molecule has 1 aromatic carbocycles. The third-order valence-electron chi connectivity index (χ3n) is 1.47. The van der Waals surface area contributed by atoms with Gasteiger partial charge in [-0.3, -0.25) is 0 Å². The summed E-state index contributed by atoms with van der Waals surface area (Å²) in [6.45, 7) is 0. The Morgan fingerprint density at radius 2 is 2.17 bits per heavy atom. The van der Waals surface area contributed by atoms with Crippen LogP contribution in [0.15, 0.2) is 22.7 Å². The predicted molar refractivity (Wildman–Crippen MR) is 54.8 cm³/mol. The summed E-state index contributed by atoms with van der Waals surface area (Å²) in [5.41, 5.74) is 0.734. The molecule has 1 aromatic rings. The Bertz CT molecular complexity index is 278. The first-order chi connectivity index (χ1) is 5.65. The average Bonchev–Trinajstić information content (AvgIpc) is 2.08. The molecule has 0 fully saturated rings. The van der Waals surface area contributed by atoms with E-state index in [0.29, 0.717) is 5.02 Å². The van der Waals surface area contributed by atoms with Crippen molar-refractivity contribution < 1.29 is 5.11 Å². The maximum atomic E-state index is 9.34. The van der Waals surface area contributed by atoms with E-state index < -0.39 is 6.10 Å². The molecule has 0 aliphatic heterocycles. The van der Waals surface area contributed by atoms with Crippen LogP contribution in [0.4, 0.5) is 0 Å². The Morgan fingerprint density at radius 3 is 2.67 bits per heavy atom. The molecule has 1 nitrogen and oxygen atoms in total. The summed E-state index contributed by atoms with van der Waals surface area (Å²) in [5.74, 6) is 0.179. The van der Waals surface area contributed by atoms with E-state index in [4.69, 9.17) is 23.2 Å². The van der Waals surface area contributed by atoms with E-state index in [1.165, 1.54) is 0 Å². The molecule has 0 bridgehead atoms. The van der Waals surface area contributed by atoms with Crippen LogP contribution < -0.4 is 0 Å². The summed E-state index contributed by atoms with van der Waals surface area (Å²) < 4.78 is 0.815. The van der Waals surface area contributed by atoms with Gasteiger partial charge in [0, 0.05) is 4.47 Å². The van der Waals surface area contributed by atoms with E-state index in [1.54, 1.807) is 18.2 Å². The highest BCUT2D eigenvalue weighted by molar-refractivity contribution is 9.10. The van der Waals surface area contributed by atoms with Crippen LogP contribution in [0.2, 0.25) is 5.02 Å². The van der Waals surface area contributed by atoms with Gasteiger partial charge in [0.1, 0.15) is 0 Å². The molecular formula is C8H7BrCl2O. The summed E-state index contributed by atoms with van der Waals surface area (Å²) in [6.07, 6.45) is -0.641. The van der Waals surface area contributed by atoms with Crippen LogP contribution in [-0.2, 0) is 0 Å². The maximum Gasteiger partial charge on any atom is 0.0925 e. The first-order valence-electron chi connectivity index (χ1n) is 3.34. The summed E-state index contributed by atoms with van der Waals surface area (Å²) in [6, 6.07) is 5.26. The third-order valence-corrected chi connectivity index (χ3v) is 3.00. The van der Waals surface area contributed by atoms with Gasteiger partial charge in [-0.25, -0.2) is 0 Å². The van der Waals surface area contributed by atoms with Crippen LogP contribution in [-0.4, -0.2) is 11.0 Å². The fourth-order valence-corrected chi connectivity index (χ4v) is 1.42. The van der Waals surface area contributed by atoms with Gasteiger partial charge in [0.15, 0.2) is 0 Å². The van der Waals surface area contributed by atoms with E-state index in [-0.39, 0.29) is 5.88 Å².